The molecule has 4 nitrogen and oxygen atoms in total. The van der Waals surface area contributed by atoms with Crippen molar-refractivity contribution < 1.29 is 14.3 Å². The summed E-state index contributed by atoms with van der Waals surface area (Å²) in [6, 6.07) is 10.6. The number of nitrogens with one attached hydrogen (secondary N) is 1. The number of carbonyl (C=O) groups excluding carboxylic acids is 1. The second kappa shape index (κ2) is 7.51. The van der Waals surface area contributed by atoms with Gasteiger partial charge in [-0.3, -0.25) is 4.79 Å². The second-order valence-corrected chi connectivity index (χ2v) is 5.82. The van der Waals surface area contributed by atoms with E-state index in [-0.39, 0.29) is 5.91 Å². The number of amides is 1. The Kier molecular flexibility index (Phi) is 5.69. The van der Waals surface area contributed by atoms with E-state index in [9.17, 15) is 4.79 Å². The zero-order valence-electron chi connectivity index (χ0n) is 12.2. The minimum absolute atomic E-state index is 0.235. The van der Waals surface area contributed by atoms with Crippen LogP contribution in [0.3, 0.4) is 0 Å². The molecule has 1 amide bonds. The van der Waals surface area contributed by atoms with Gasteiger partial charge in [-0.15, -0.1) is 0 Å². The standard InChI is InChI=1S/C16H15BrClNO3/c1-21-14-6-3-10(7-15(14)22-2)9-19-16(20)12-8-11(17)4-5-13(12)18/h3-8H,9H2,1-2H3,(H,19,20). The number of ether oxygens (including phenoxy) is 2. The van der Waals surface area contributed by atoms with Crippen LogP contribution in [0.25, 0.3) is 0 Å². The minimum atomic E-state index is -0.235. The maximum Gasteiger partial charge on any atom is 0.253 e. The predicted molar refractivity (Wildman–Crippen MR) is 89.9 cm³/mol. The molecule has 1 N–H and O–H groups in total. The van der Waals surface area contributed by atoms with Crippen LogP contribution in [0.5, 0.6) is 11.5 Å². The van der Waals surface area contributed by atoms with Crippen LogP contribution in [0, 0.1) is 0 Å². The van der Waals surface area contributed by atoms with Gasteiger partial charge in [-0.25, -0.2) is 0 Å². The molecule has 0 bridgehead atoms. The average Bonchev–Trinajstić information content (AvgIpc) is 2.54. The monoisotopic (exact) mass is 383 g/mol. The van der Waals surface area contributed by atoms with Crippen LogP contribution < -0.4 is 14.8 Å². The number of rotatable bonds is 5. The number of hydrogen-bond donors (Lipinski definition) is 1. The number of methoxy groups -OCH3 is 2. The average molecular weight is 385 g/mol. The lowest BCUT2D eigenvalue weighted by atomic mass is 10.1. The summed E-state index contributed by atoms with van der Waals surface area (Å²) in [5, 5.41) is 3.24. The molecule has 0 atom stereocenters. The van der Waals surface area contributed by atoms with E-state index in [2.05, 4.69) is 21.2 Å². The zero-order chi connectivity index (χ0) is 16.1. The van der Waals surface area contributed by atoms with Gasteiger partial charge in [-0.05, 0) is 35.9 Å². The highest BCUT2D eigenvalue weighted by atomic mass is 79.9. The molecule has 22 heavy (non-hydrogen) atoms. The molecule has 0 spiro atoms. The molecule has 116 valence electrons. The first kappa shape index (κ1) is 16.6. The normalized spacial score (nSPS) is 10.2. The van der Waals surface area contributed by atoms with Gasteiger partial charge in [0.25, 0.3) is 5.91 Å². The van der Waals surface area contributed by atoms with Crippen LogP contribution >= 0.6 is 27.5 Å². The SMILES string of the molecule is COc1ccc(CNC(=O)c2cc(Br)ccc2Cl)cc1OC. The van der Waals surface area contributed by atoms with E-state index in [0.29, 0.717) is 28.6 Å². The Morgan fingerprint density at radius 3 is 2.55 bits per heavy atom. The largest absolute Gasteiger partial charge is 0.493 e. The van der Waals surface area contributed by atoms with Crippen molar-refractivity contribution in [2.45, 2.75) is 6.54 Å². The van der Waals surface area contributed by atoms with Crippen molar-refractivity contribution in [3.63, 3.8) is 0 Å². The first-order valence-corrected chi connectivity index (χ1v) is 7.66. The summed E-state index contributed by atoms with van der Waals surface area (Å²) in [4.78, 5) is 12.2. The van der Waals surface area contributed by atoms with E-state index in [1.807, 2.05) is 12.1 Å². The molecule has 2 aromatic carbocycles. The van der Waals surface area contributed by atoms with Gasteiger partial charge >= 0.3 is 0 Å². The van der Waals surface area contributed by atoms with Gasteiger partial charge in [-0.2, -0.15) is 0 Å². The predicted octanol–water partition coefficient (Wildman–Crippen LogP) is 4.05. The van der Waals surface area contributed by atoms with E-state index in [0.717, 1.165) is 10.0 Å². The third-order valence-electron chi connectivity index (χ3n) is 3.07. The Morgan fingerprint density at radius 2 is 1.86 bits per heavy atom. The summed E-state index contributed by atoms with van der Waals surface area (Å²) in [5.41, 5.74) is 1.33. The van der Waals surface area contributed by atoms with Crippen LogP contribution in [0.4, 0.5) is 0 Å². The van der Waals surface area contributed by atoms with Crippen LogP contribution in [-0.2, 0) is 6.54 Å². The van der Waals surface area contributed by atoms with Crippen LogP contribution in [0.15, 0.2) is 40.9 Å². The summed E-state index contributed by atoms with van der Waals surface area (Å²) in [6.07, 6.45) is 0. The molecule has 0 aliphatic rings. The summed E-state index contributed by atoms with van der Waals surface area (Å²) in [5.74, 6) is 1.03. The molecule has 0 fully saturated rings. The van der Waals surface area contributed by atoms with Crippen LogP contribution in [0.2, 0.25) is 5.02 Å². The minimum Gasteiger partial charge on any atom is -0.493 e. The molecule has 0 saturated heterocycles. The summed E-state index contributed by atoms with van der Waals surface area (Å²) >= 11 is 9.37. The molecule has 6 heteroatoms. The highest BCUT2D eigenvalue weighted by Crippen LogP contribution is 2.27. The van der Waals surface area contributed by atoms with Crippen LogP contribution in [0.1, 0.15) is 15.9 Å². The molecule has 0 aliphatic heterocycles. The molecule has 2 aromatic rings. The van der Waals surface area contributed by atoms with Crippen LogP contribution in [-0.4, -0.2) is 20.1 Å². The second-order valence-electron chi connectivity index (χ2n) is 4.50. The Hall–Kier alpha value is -1.72. The van der Waals surface area contributed by atoms with E-state index >= 15 is 0 Å². The molecule has 0 aliphatic carbocycles. The topological polar surface area (TPSA) is 47.6 Å². The van der Waals surface area contributed by atoms with Crippen molar-refractivity contribution in [2.24, 2.45) is 0 Å². The lowest BCUT2D eigenvalue weighted by Crippen LogP contribution is -2.23. The number of halogens is 2. The lowest BCUT2D eigenvalue weighted by molar-refractivity contribution is 0.0951. The molecule has 0 unspecified atom stereocenters. The molecular formula is C16H15BrClNO3. The van der Waals surface area contributed by atoms with E-state index < -0.39 is 0 Å². The highest BCUT2D eigenvalue weighted by Gasteiger charge is 2.11. The third kappa shape index (κ3) is 3.93. The molecule has 0 saturated carbocycles. The maximum atomic E-state index is 12.2. The Morgan fingerprint density at radius 1 is 1.14 bits per heavy atom. The van der Waals surface area contributed by atoms with Gasteiger partial charge in [-0.1, -0.05) is 33.6 Å². The molecule has 2 rings (SSSR count). The summed E-state index contributed by atoms with van der Waals surface area (Å²) in [7, 11) is 3.15. The fourth-order valence-corrected chi connectivity index (χ4v) is 2.50. The van der Waals surface area contributed by atoms with Crippen molar-refractivity contribution in [3.05, 3.63) is 57.0 Å². The summed E-state index contributed by atoms with van der Waals surface area (Å²) in [6.45, 7) is 0.363. The molecule has 0 radical (unpaired) electrons. The zero-order valence-corrected chi connectivity index (χ0v) is 14.5. The number of carbonyl (C=O) groups is 1. The fraction of sp³-hybridized carbons (Fsp3) is 0.188. The number of hydrogen-bond acceptors (Lipinski definition) is 3. The van der Waals surface area contributed by atoms with Gasteiger partial charge in [0.1, 0.15) is 0 Å². The Bertz CT molecular complexity index is 691. The van der Waals surface area contributed by atoms with Crippen molar-refractivity contribution in [3.8, 4) is 11.5 Å². The van der Waals surface area contributed by atoms with Gasteiger partial charge in [0, 0.05) is 11.0 Å². The van der Waals surface area contributed by atoms with Crippen molar-refractivity contribution in [1.29, 1.82) is 0 Å². The third-order valence-corrected chi connectivity index (χ3v) is 3.90. The lowest BCUT2D eigenvalue weighted by Gasteiger charge is -2.11. The van der Waals surface area contributed by atoms with Gasteiger partial charge in [0.15, 0.2) is 11.5 Å². The highest BCUT2D eigenvalue weighted by molar-refractivity contribution is 9.10. The quantitative estimate of drug-likeness (QED) is 0.846. The van der Waals surface area contributed by atoms with Gasteiger partial charge in [0.05, 0.1) is 24.8 Å². The van der Waals surface area contributed by atoms with E-state index in [1.165, 1.54) is 0 Å². The smallest absolute Gasteiger partial charge is 0.253 e. The first-order valence-electron chi connectivity index (χ1n) is 6.49. The summed E-state index contributed by atoms with van der Waals surface area (Å²) < 4.78 is 11.2. The van der Waals surface area contributed by atoms with Gasteiger partial charge < -0.3 is 14.8 Å². The Labute approximate surface area is 142 Å². The van der Waals surface area contributed by atoms with Crippen molar-refractivity contribution in [1.82, 2.24) is 5.32 Å². The van der Waals surface area contributed by atoms with E-state index in [4.69, 9.17) is 21.1 Å². The molecular weight excluding hydrogens is 370 g/mol. The maximum absolute atomic E-state index is 12.2. The van der Waals surface area contributed by atoms with E-state index in [1.54, 1.807) is 38.5 Å². The van der Waals surface area contributed by atoms with Crippen molar-refractivity contribution in [2.75, 3.05) is 14.2 Å². The van der Waals surface area contributed by atoms with Gasteiger partial charge in [0.2, 0.25) is 0 Å². The number of benzene rings is 2. The Balaban J connectivity index is 2.09. The van der Waals surface area contributed by atoms with Crippen molar-refractivity contribution >= 4 is 33.4 Å². The molecule has 0 aromatic heterocycles. The first-order chi connectivity index (χ1) is 10.5. The molecule has 0 heterocycles. The fourth-order valence-electron chi connectivity index (χ4n) is 1.94.